The summed E-state index contributed by atoms with van der Waals surface area (Å²) in [7, 11) is 0. The maximum Gasteiger partial charge on any atom is 0.233 e. The van der Waals surface area contributed by atoms with E-state index in [0.717, 1.165) is 57.4 Å². The highest BCUT2D eigenvalue weighted by molar-refractivity contribution is 5.89. The largest absolute Gasteiger partial charge is 0.341 e. The molecule has 23 heavy (non-hydrogen) atoms. The summed E-state index contributed by atoms with van der Waals surface area (Å²) in [6.45, 7) is 3.89. The summed E-state index contributed by atoms with van der Waals surface area (Å²) in [5.74, 6) is 0.0472. The van der Waals surface area contributed by atoms with Gasteiger partial charge in [0, 0.05) is 25.0 Å². The second kappa shape index (κ2) is 5.59. The predicted molar refractivity (Wildman–Crippen MR) is 87.7 cm³/mol. The lowest BCUT2D eigenvalue weighted by molar-refractivity contribution is -0.144. The molecule has 1 aromatic rings. The Balaban J connectivity index is 1.58. The van der Waals surface area contributed by atoms with Gasteiger partial charge in [-0.1, -0.05) is 18.6 Å². The molecule has 4 heteroatoms. The van der Waals surface area contributed by atoms with Crippen LogP contribution in [0.3, 0.4) is 0 Å². The van der Waals surface area contributed by atoms with Crippen molar-refractivity contribution in [3.8, 4) is 0 Å². The van der Waals surface area contributed by atoms with E-state index in [1.807, 2.05) is 12.1 Å². The van der Waals surface area contributed by atoms with Crippen LogP contribution in [0.2, 0.25) is 0 Å². The topological polar surface area (TPSA) is 32.3 Å². The molecule has 1 unspecified atom stereocenters. The molecule has 1 aliphatic carbocycles. The number of benzene rings is 1. The lowest BCUT2D eigenvalue weighted by Gasteiger charge is -2.48. The highest BCUT2D eigenvalue weighted by Gasteiger charge is 2.50. The van der Waals surface area contributed by atoms with Gasteiger partial charge in [0.25, 0.3) is 0 Å². The van der Waals surface area contributed by atoms with Crippen LogP contribution in [0.5, 0.6) is 0 Å². The van der Waals surface area contributed by atoms with Crippen molar-refractivity contribution in [2.45, 2.75) is 43.9 Å². The average molecular weight is 316 g/mol. The first-order valence-corrected chi connectivity index (χ1v) is 8.90. The molecule has 1 aromatic carbocycles. The number of hydrogen-bond donors (Lipinski definition) is 1. The summed E-state index contributed by atoms with van der Waals surface area (Å²) < 4.78 is 13.3. The van der Waals surface area contributed by atoms with Crippen LogP contribution in [0, 0.1) is 11.2 Å². The van der Waals surface area contributed by atoms with Gasteiger partial charge >= 0.3 is 0 Å². The summed E-state index contributed by atoms with van der Waals surface area (Å²) >= 11 is 0. The van der Waals surface area contributed by atoms with E-state index in [1.165, 1.54) is 25.0 Å². The van der Waals surface area contributed by atoms with Crippen molar-refractivity contribution in [3.63, 3.8) is 0 Å². The Kier molecular flexibility index (Phi) is 3.67. The summed E-state index contributed by atoms with van der Waals surface area (Å²) in [6.07, 6.45) is 6.41. The average Bonchev–Trinajstić information content (AvgIpc) is 2.96. The Morgan fingerprint density at radius 3 is 2.48 bits per heavy atom. The van der Waals surface area contributed by atoms with Crippen LogP contribution < -0.4 is 5.32 Å². The number of piperidine rings is 1. The summed E-state index contributed by atoms with van der Waals surface area (Å²) in [5, 5.41) is 3.47. The van der Waals surface area contributed by atoms with Crippen LogP contribution in [-0.2, 0) is 10.2 Å². The lowest BCUT2D eigenvalue weighted by atomic mass is 9.63. The van der Waals surface area contributed by atoms with Crippen LogP contribution in [0.4, 0.5) is 4.39 Å². The number of rotatable bonds is 2. The van der Waals surface area contributed by atoms with Gasteiger partial charge < -0.3 is 10.2 Å². The smallest absolute Gasteiger partial charge is 0.233 e. The van der Waals surface area contributed by atoms with E-state index in [9.17, 15) is 9.18 Å². The van der Waals surface area contributed by atoms with E-state index in [2.05, 4.69) is 10.2 Å². The zero-order valence-corrected chi connectivity index (χ0v) is 13.6. The van der Waals surface area contributed by atoms with Crippen LogP contribution in [0.25, 0.3) is 0 Å². The molecule has 124 valence electrons. The van der Waals surface area contributed by atoms with Crippen LogP contribution in [-0.4, -0.2) is 37.0 Å². The molecule has 2 heterocycles. The number of carbonyl (C=O) groups is 1. The number of nitrogens with zero attached hydrogens (tertiary/aromatic N) is 1. The van der Waals surface area contributed by atoms with Crippen molar-refractivity contribution in [1.82, 2.24) is 10.2 Å². The molecule has 4 rings (SSSR count). The second-order valence-electron chi connectivity index (χ2n) is 7.70. The van der Waals surface area contributed by atoms with E-state index in [4.69, 9.17) is 0 Å². The molecule has 0 radical (unpaired) electrons. The van der Waals surface area contributed by atoms with E-state index in [1.54, 1.807) is 0 Å². The van der Waals surface area contributed by atoms with Crippen molar-refractivity contribution in [2.75, 3.05) is 26.2 Å². The molecule has 0 bridgehead atoms. The Bertz CT molecular complexity index is 588. The van der Waals surface area contributed by atoms with Gasteiger partial charge in [0.2, 0.25) is 5.91 Å². The lowest BCUT2D eigenvalue weighted by Crippen LogP contribution is -2.56. The SMILES string of the molecule is O=C(N1CCCC2(CCNC2)C1)C1(c2ccc(F)cc2)CCC1. The number of nitrogens with one attached hydrogen (secondary N) is 1. The van der Waals surface area contributed by atoms with Crippen molar-refractivity contribution < 1.29 is 9.18 Å². The first-order chi connectivity index (χ1) is 11.1. The Hall–Kier alpha value is -1.42. The molecular weight excluding hydrogens is 291 g/mol. The molecular formula is C19H25FN2O. The van der Waals surface area contributed by atoms with Gasteiger partial charge in [-0.15, -0.1) is 0 Å². The Labute approximate surface area is 137 Å². The fourth-order valence-electron chi connectivity index (χ4n) is 4.75. The Morgan fingerprint density at radius 1 is 1.09 bits per heavy atom. The fourth-order valence-corrected chi connectivity index (χ4v) is 4.75. The number of halogens is 1. The van der Waals surface area contributed by atoms with E-state index in [0.29, 0.717) is 5.41 Å². The molecule has 3 nitrogen and oxygen atoms in total. The molecule has 0 aromatic heterocycles. The van der Waals surface area contributed by atoms with Crippen LogP contribution in [0.1, 0.15) is 44.1 Å². The first kappa shape index (κ1) is 15.1. The highest BCUT2D eigenvalue weighted by Crippen LogP contribution is 2.46. The van der Waals surface area contributed by atoms with Crippen LogP contribution >= 0.6 is 0 Å². The van der Waals surface area contributed by atoms with Gasteiger partial charge in [-0.3, -0.25) is 4.79 Å². The minimum Gasteiger partial charge on any atom is -0.341 e. The molecule has 3 fully saturated rings. The Morgan fingerprint density at radius 2 is 1.87 bits per heavy atom. The van der Waals surface area contributed by atoms with E-state index >= 15 is 0 Å². The van der Waals surface area contributed by atoms with Gasteiger partial charge in [-0.2, -0.15) is 0 Å². The van der Waals surface area contributed by atoms with Crippen molar-refractivity contribution in [1.29, 1.82) is 0 Å². The van der Waals surface area contributed by atoms with Crippen LogP contribution in [0.15, 0.2) is 24.3 Å². The van der Waals surface area contributed by atoms with Gasteiger partial charge in [-0.05, 0) is 56.3 Å². The third-order valence-electron chi connectivity index (χ3n) is 6.29. The first-order valence-electron chi connectivity index (χ1n) is 8.90. The minimum atomic E-state index is -0.391. The number of likely N-dealkylation sites (tertiary alicyclic amines) is 1. The van der Waals surface area contributed by atoms with Crippen molar-refractivity contribution in [3.05, 3.63) is 35.6 Å². The summed E-state index contributed by atoms with van der Waals surface area (Å²) in [5.41, 5.74) is 0.902. The van der Waals surface area contributed by atoms with E-state index in [-0.39, 0.29) is 11.7 Å². The normalized spacial score (nSPS) is 29.5. The molecule has 1 saturated carbocycles. The maximum atomic E-state index is 13.3. The molecule has 1 atom stereocenters. The van der Waals surface area contributed by atoms with Gasteiger partial charge in [0.05, 0.1) is 5.41 Å². The fraction of sp³-hybridized carbons (Fsp3) is 0.632. The van der Waals surface area contributed by atoms with Gasteiger partial charge in [-0.25, -0.2) is 4.39 Å². The third-order valence-corrected chi connectivity index (χ3v) is 6.29. The standard InChI is InChI=1S/C19H25FN2O/c20-16-5-3-15(4-6-16)19(8-1-9-19)17(23)22-12-2-7-18(14-22)10-11-21-13-18/h3-6,21H,1-2,7-14H2. The summed E-state index contributed by atoms with van der Waals surface area (Å²) in [6, 6.07) is 6.59. The monoisotopic (exact) mass is 316 g/mol. The van der Waals surface area contributed by atoms with Gasteiger partial charge in [0.15, 0.2) is 0 Å². The highest BCUT2D eigenvalue weighted by atomic mass is 19.1. The number of carbonyl (C=O) groups excluding carboxylic acids is 1. The second-order valence-corrected chi connectivity index (χ2v) is 7.70. The molecule has 2 saturated heterocycles. The molecule has 1 amide bonds. The quantitative estimate of drug-likeness (QED) is 0.910. The zero-order valence-electron chi connectivity index (χ0n) is 13.6. The van der Waals surface area contributed by atoms with Crippen molar-refractivity contribution >= 4 is 5.91 Å². The predicted octanol–water partition coefficient (Wildman–Crippen LogP) is 2.85. The van der Waals surface area contributed by atoms with Crippen molar-refractivity contribution in [2.24, 2.45) is 5.41 Å². The number of amides is 1. The molecule has 2 aliphatic heterocycles. The minimum absolute atomic E-state index is 0.232. The zero-order chi connectivity index (χ0) is 15.9. The molecule has 1 N–H and O–H groups in total. The number of hydrogen-bond acceptors (Lipinski definition) is 2. The maximum absolute atomic E-state index is 13.3. The summed E-state index contributed by atoms with van der Waals surface area (Å²) in [4.78, 5) is 15.4. The molecule has 3 aliphatic rings. The van der Waals surface area contributed by atoms with E-state index < -0.39 is 5.41 Å². The third kappa shape index (κ3) is 2.47. The van der Waals surface area contributed by atoms with Gasteiger partial charge in [0.1, 0.15) is 5.82 Å². The molecule has 1 spiro atoms.